The summed E-state index contributed by atoms with van der Waals surface area (Å²) in [6.07, 6.45) is 0. The molecule has 0 fully saturated rings. The van der Waals surface area contributed by atoms with Gasteiger partial charge in [0.2, 0.25) is 0 Å². The second kappa shape index (κ2) is 4.65. The van der Waals surface area contributed by atoms with E-state index in [1.54, 1.807) is 4.68 Å². The quantitative estimate of drug-likeness (QED) is 0.899. The SMILES string of the molecule is Cc1ccc(C(C)n2nc(C)c(Cl)c2N)cc1C. The minimum Gasteiger partial charge on any atom is -0.383 e. The Kier molecular flexibility index (Phi) is 3.35. The molecule has 0 amide bonds. The predicted molar refractivity (Wildman–Crippen MR) is 76.1 cm³/mol. The van der Waals surface area contributed by atoms with E-state index in [-0.39, 0.29) is 6.04 Å². The zero-order chi connectivity index (χ0) is 13.4. The Labute approximate surface area is 113 Å². The average Bonchev–Trinajstić information content (AvgIpc) is 2.60. The first-order valence-corrected chi connectivity index (χ1v) is 6.37. The number of halogens is 1. The third-order valence-corrected chi connectivity index (χ3v) is 3.89. The van der Waals surface area contributed by atoms with Crippen LogP contribution in [-0.4, -0.2) is 9.78 Å². The van der Waals surface area contributed by atoms with Gasteiger partial charge in [0.05, 0.1) is 11.7 Å². The normalized spacial score (nSPS) is 12.7. The van der Waals surface area contributed by atoms with Crippen LogP contribution in [0.4, 0.5) is 5.82 Å². The van der Waals surface area contributed by atoms with E-state index in [2.05, 4.69) is 44.1 Å². The van der Waals surface area contributed by atoms with E-state index >= 15 is 0 Å². The van der Waals surface area contributed by atoms with Crippen LogP contribution >= 0.6 is 11.6 Å². The molecule has 0 aliphatic rings. The van der Waals surface area contributed by atoms with E-state index < -0.39 is 0 Å². The molecule has 96 valence electrons. The monoisotopic (exact) mass is 263 g/mol. The predicted octanol–water partition coefficient (Wildman–Crippen LogP) is 3.65. The van der Waals surface area contributed by atoms with Crippen LogP contribution in [-0.2, 0) is 0 Å². The lowest BCUT2D eigenvalue weighted by atomic mass is 10.0. The van der Waals surface area contributed by atoms with Gasteiger partial charge < -0.3 is 5.73 Å². The number of hydrogen-bond donors (Lipinski definition) is 1. The van der Waals surface area contributed by atoms with E-state index in [4.69, 9.17) is 17.3 Å². The molecule has 0 bridgehead atoms. The van der Waals surface area contributed by atoms with Gasteiger partial charge in [0.1, 0.15) is 10.8 Å². The Bertz CT molecular complexity index is 587. The second-order valence-electron chi connectivity index (χ2n) is 4.75. The van der Waals surface area contributed by atoms with Gasteiger partial charge in [0.25, 0.3) is 0 Å². The van der Waals surface area contributed by atoms with Gasteiger partial charge >= 0.3 is 0 Å². The Morgan fingerprint density at radius 1 is 1.22 bits per heavy atom. The summed E-state index contributed by atoms with van der Waals surface area (Å²) in [6.45, 7) is 8.15. The lowest BCUT2D eigenvalue weighted by molar-refractivity contribution is 0.568. The molecular weight excluding hydrogens is 246 g/mol. The van der Waals surface area contributed by atoms with Gasteiger partial charge in [0.15, 0.2) is 0 Å². The first kappa shape index (κ1) is 13.0. The van der Waals surface area contributed by atoms with Crippen molar-refractivity contribution >= 4 is 17.4 Å². The first-order valence-electron chi connectivity index (χ1n) is 5.99. The van der Waals surface area contributed by atoms with Crippen LogP contribution in [0.5, 0.6) is 0 Å². The van der Waals surface area contributed by atoms with Crippen molar-refractivity contribution in [3.05, 3.63) is 45.6 Å². The smallest absolute Gasteiger partial charge is 0.141 e. The molecule has 1 atom stereocenters. The molecule has 1 heterocycles. The van der Waals surface area contributed by atoms with Gasteiger partial charge in [-0.1, -0.05) is 29.8 Å². The Balaban J connectivity index is 2.44. The maximum Gasteiger partial charge on any atom is 0.141 e. The van der Waals surface area contributed by atoms with Gasteiger partial charge in [-0.15, -0.1) is 0 Å². The van der Waals surface area contributed by atoms with Crippen LogP contribution < -0.4 is 5.73 Å². The van der Waals surface area contributed by atoms with Crippen molar-refractivity contribution in [1.29, 1.82) is 0 Å². The number of hydrogen-bond acceptors (Lipinski definition) is 2. The van der Waals surface area contributed by atoms with Gasteiger partial charge in [-0.2, -0.15) is 5.10 Å². The van der Waals surface area contributed by atoms with Crippen LogP contribution in [0, 0.1) is 20.8 Å². The maximum atomic E-state index is 6.08. The molecule has 1 aromatic heterocycles. The molecule has 4 heteroatoms. The first-order chi connectivity index (χ1) is 8.41. The van der Waals surface area contributed by atoms with Crippen molar-refractivity contribution < 1.29 is 0 Å². The number of nitrogens with two attached hydrogens (primary N) is 1. The summed E-state index contributed by atoms with van der Waals surface area (Å²) in [6, 6.07) is 6.48. The average molecular weight is 264 g/mol. The number of anilines is 1. The molecule has 1 unspecified atom stereocenters. The van der Waals surface area contributed by atoms with E-state index in [1.165, 1.54) is 16.7 Å². The summed E-state index contributed by atoms with van der Waals surface area (Å²) >= 11 is 6.08. The van der Waals surface area contributed by atoms with Crippen molar-refractivity contribution in [2.75, 3.05) is 5.73 Å². The van der Waals surface area contributed by atoms with Crippen LogP contribution in [0.25, 0.3) is 0 Å². The fourth-order valence-corrected chi connectivity index (χ4v) is 2.13. The highest BCUT2D eigenvalue weighted by atomic mass is 35.5. The molecule has 2 aromatic rings. The fourth-order valence-electron chi connectivity index (χ4n) is 2.01. The van der Waals surface area contributed by atoms with Crippen LogP contribution in [0.3, 0.4) is 0 Å². The topological polar surface area (TPSA) is 43.8 Å². The summed E-state index contributed by atoms with van der Waals surface area (Å²) in [5, 5.41) is 4.94. The van der Waals surface area contributed by atoms with E-state index in [1.807, 2.05) is 6.92 Å². The number of nitrogen functional groups attached to an aromatic ring is 1. The summed E-state index contributed by atoms with van der Waals surface area (Å²) < 4.78 is 1.78. The summed E-state index contributed by atoms with van der Waals surface area (Å²) in [4.78, 5) is 0. The Morgan fingerprint density at radius 3 is 2.39 bits per heavy atom. The number of benzene rings is 1. The summed E-state index contributed by atoms with van der Waals surface area (Å²) in [7, 11) is 0. The van der Waals surface area contributed by atoms with Gasteiger partial charge in [-0.25, -0.2) is 4.68 Å². The number of aromatic nitrogens is 2. The van der Waals surface area contributed by atoms with Crippen molar-refractivity contribution in [2.45, 2.75) is 33.7 Å². The molecule has 0 saturated carbocycles. The molecule has 0 aliphatic carbocycles. The lowest BCUT2D eigenvalue weighted by Crippen LogP contribution is -2.12. The summed E-state index contributed by atoms with van der Waals surface area (Å²) in [5.74, 6) is 0.528. The minimum atomic E-state index is 0.0792. The van der Waals surface area contributed by atoms with Crippen molar-refractivity contribution in [1.82, 2.24) is 9.78 Å². The minimum absolute atomic E-state index is 0.0792. The number of nitrogens with zero attached hydrogens (tertiary/aromatic N) is 2. The van der Waals surface area contributed by atoms with Crippen molar-refractivity contribution in [3.63, 3.8) is 0 Å². The zero-order valence-electron chi connectivity index (χ0n) is 11.2. The van der Waals surface area contributed by atoms with E-state index in [9.17, 15) is 0 Å². The third kappa shape index (κ3) is 2.10. The maximum absolute atomic E-state index is 6.08. The Hall–Kier alpha value is -1.48. The van der Waals surface area contributed by atoms with Gasteiger partial charge in [-0.05, 0) is 44.4 Å². The van der Waals surface area contributed by atoms with Gasteiger partial charge in [0, 0.05) is 0 Å². The highest BCUT2D eigenvalue weighted by Gasteiger charge is 2.16. The van der Waals surface area contributed by atoms with Gasteiger partial charge in [-0.3, -0.25) is 0 Å². The molecule has 2 N–H and O–H groups in total. The van der Waals surface area contributed by atoms with Crippen molar-refractivity contribution in [3.8, 4) is 0 Å². The molecule has 1 aromatic carbocycles. The second-order valence-corrected chi connectivity index (χ2v) is 5.13. The third-order valence-electron chi connectivity index (χ3n) is 3.43. The van der Waals surface area contributed by atoms with E-state index in [0.29, 0.717) is 10.8 Å². The molecule has 18 heavy (non-hydrogen) atoms. The summed E-state index contributed by atoms with van der Waals surface area (Å²) in [5.41, 5.74) is 10.5. The van der Waals surface area contributed by atoms with Crippen LogP contribution in [0.2, 0.25) is 5.02 Å². The molecular formula is C14H18ClN3. The molecule has 0 saturated heterocycles. The molecule has 0 radical (unpaired) electrons. The van der Waals surface area contributed by atoms with Crippen LogP contribution in [0.15, 0.2) is 18.2 Å². The number of rotatable bonds is 2. The standard InChI is InChI=1S/C14H18ClN3/c1-8-5-6-12(7-9(8)2)11(4)18-14(16)13(15)10(3)17-18/h5-7,11H,16H2,1-4H3. The van der Waals surface area contributed by atoms with Crippen LogP contribution in [0.1, 0.15) is 35.3 Å². The molecule has 0 aliphatic heterocycles. The highest BCUT2D eigenvalue weighted by molar-refractivity contribution is 6.33. The highest BCUT2D eigenvalue weighted by Crippen LogP contribution is 2.28. The lowest BCUT2D eigenvalue weighted by Gasteiger charge is -2.15. The molecule has 2 rings (SSSR count). The van der Waals surface area contributed by atoms with E-state index in [0.717, 1.165) is 5.69 Å². The molecule has 0 spiro atoms. The zero-order valence-corrected chi connectivity index (χ0v) is 11.9. The Morgan fingerprint density at radius 2 is 1.89 bits per heavy atom. The fraction of sp³-hybridized carbons (Fsp3) is 0.357. The number of aryl methyl sites for hydroxylation is 3. The molecule has 3 nitrogen and oxygen atoms in total. The van der Waals surface area contributed by atoms with Crippen molar-refractivity contribution in [2.24, 2.45) is 0 Å². The largest absolute Gasteiger partial charge is 0.383 e.